The lowest BCUT2D eigenvalue weighted by atomic mass is 10.1. The minimum atomic E-state index is -0.430. The molecule has 1 aliphatic heterocycles. The molecular weight excluding hydrogens is 244 g/mol. The van der Waals surface area contributed by atoms with Crippen molar-refractivity contribution in [1.29, 1.82) is 0 Å². The van der Waals surface area contributed by atoms with E-state index >= 15 is 0 Å². The molecule has 0 radical (unpaired) electrons. The fourth-order valence-electron chi connectivity index (χ4n) is 2.13. The van der Waals surface area contributed by atoms with Gasteiger partial charge in [0.2, 0.25) is 0 Å². The summed E-state index contributed by atoms with van der Waals surface area (Å²) in [5.41, 5.74) is 5.08. The molecule has 0 aromatic rings. The van der Waals surface area contributed by atoms with Crippen molar-refractivity contribution in [1.82, 2.24) is 4.90 Å². The van der Waals surface area contributed by atoms with Crippen LogP contribution in [0.4, 0.5) is 4.79 Å². The van der Waals surface area contributed by atoms with Gasteiger partial charge in [0.15, 0.2) is 0 Å². The first-order valence-electron chi connectivity index (χ1n) is 7.15. The monoisotopic (exact) mass is 272 g/mol. The molecule has 0 spiro atoms. The van der Waals surface area contributed by atoms with Crippen LogP contribution in [0.2, 0.25) is 0 Å². The zero-order valence-corrected chi connectivity index (χ0v) is 12.6. The Bertz CT molecular complexity index is 281. The van der Waals surface area contributed by atoms with Crippen LogP contribution >= 0.6 is 0 Å². The Hall–Kier alpha value is -0.810. The Kier molecular flexibility index (Phi) is 6.07. The van der Waals surface area contributed by atoms with Gasteiger partial charge in [-0.2, -0.15) is 0 Å². The number of amides is 1. The van der Waals surface area contributed by atoms with Crippen molar-refractivity contribution < 1.29 is 14.3 Å². The predicted octanol–water partition coefficient (Wildman–Crippen LogP) is 2.14. The van der Waals surface area contributed by atoms with Gasteiger partial charge in [0.1, 0.15) is 5.60 Å². The lowest BCUT2D eigenvalue weighted by Gasteiger charge is -2.34. The van der Waals surface area contributed by atoms with E-state index in [0.717, 1.165) is 19.3 Å². The SMILES string of the molecule is C[C@H](CCN)OC1CCN(C(=O)OC(C)(C)C)CC1. The third-order valence-electron chi connectivity index (χ3n) is 3.09. The Morgan fingerprint density at radius 1 is 1.37 bits per heavy atom. The molecule has 1 amide bonds. The highest BCUT2D eigenvalue weighted by molar-refractivity contribution is 5.68. The predicted molar refractivity (Wildman–Crippen MR) is 75.0 cm³/mol. The van der Waals surface area contributed by atoms with Crippen LogP contribution in [0.5, 0.6) is 0 Å². The fraction of sp³-hybridized carbons (Fsp3) is 0.929. The van der Waals surface area contributed by atoms with E-state index in [1.165, 1.54) is 0 Å². The van der Waals surface area contributed by atoms with Crippen molar-refractivity contribution in [3.63, 3.8) is 0 Å². The standard InChI is InChI=1S/C14H28N2O3/c1-11(5-8-15)18-12-6-9-16(10-7-12)13(17)19-14(2,3)4/h11-12H,5-10,15H2,1-4H3/t11-/m1/s1. The van der Waals surface area contributed by atoms with E-state index in [4.69, 9.17) is 15.2 Å². The highest BCUT2D eigenvalue weighted by atomic mass is 16.6. The summed E-state index contributed by atoms with van der Waals surface area (Å²) >= 11 is 0. The third kappa shape index (κ3) is 6.25. The molecule has 1 atom stereocenters. The molecule has 5 heteroatoms. The van der Waals surface area contributed by atoms with Crippen molar-refractivity contribution in [2.45, 2.75) is 64.8 Å². The average Bonchev–Trinajstić information content (AvgIpc) is 2.27. The molecule has 0 aliphatic carbocycles. The quantitative estimate of drug-likeness (QED) is 0.851. The molecule has 19 heavy (non-hydrogen) atoms. The van der Waals surface area contributed by atoms with Crippen molar-refractivity contribution in [3.8, 4) is 0 Å². The van der Waals surface area contributed by atoms with Gasteiger partial charge in [-0.15, -0.1) is 0 Å². The average molecular weight is 272 g/mol. The number of likely N-dealkylation sites (tertiary alicyclic amines) is 1. The van der Waals surface area contributed by atoms with Gasteiger partial charge in [-0.25, -0.2) is 4.79 Å². The second-order valence-corrected chi connectivity index (χ2v) is 6.19. The summed E-state index contributed by atoms with van der Waals surface area (Å²) in [5, 5.41) is 0. The summed E-state index contributed by atoms with van der Waals surface area (Å²) in [7, 11) is 0. The summed E-state index contributed by atoms with van der Waals surface area (Å²) < 4.78 is 11.3. The van der Waals surface area contributed by atoms with Crippen LogP contribution in [0, 0.1) is 0 Å². The van der Waals surface area contributed by atoms with Gasteiger partial charge in [-0.1, -0.05) is 0 Å². The molecule has 2 N–H and O–H groups in total. The lowest BCUT2D eigenvalue weighted by molar-refractivity contribution is -0.0412. The molecule has 1 fully saturated rings. The van der Waals surface area contributed by atoms with Gasteiger partial charge >= 0.3 is 6.09 Å². The molecule has 1 aliphatic rings. The van der Waals surface area contributed by atoms with Gasteiger partial charge in [0.05, 0.1) is 12.2 Å². The van der Waals surface area contributed by atoms with Crippen LogP contribution in [0.3, 0.4) is 0 Å². The van der Waals surface area contributed by atoms with Crippen LogP contribution < -0.4 is 5.73 Å². The Labute approximate surface area is 116 Å². The molecule has 0 unspecified atom stereocenters. The molecule has 0 aromatic heterocycles. The Morgan fingerprint density at radius 2 is 1.95 bits per heavy atom. The Morgan fingerprint density at radius 3 is 2.42 bits per heavy atom. The van der Waals surface area contributed by atoms with Crippen LogP contribution in [0.1, 0.15) is 47.0 Å². The minimum Gasteiger partial charge on any atom is -0.444 e. The van der Waals surface area contributed by atoms with E-state index in [-0.39, 0.29) is 18.3 Å². The van der Waals surface area contributed by atoms with E-state index in [1.807, 2.05) is 27.7 Å². The molecule has 1 saturated heterocycles. The zero-order valence-electron chi connectivity index (χ0n) is 12.6. The normalized spacial score (nSPS) is 19.3. The van der Waals surface area contributed by atoms with E-state index in [1.54, 1.807) is 4.90 Å². The molecule has 112 valence electrons. The molecule has 0 bridgehead atoms. The van der Waals surface area contributed by atoms with E-state index < -0.39 is 5.60 Å². The number of piperidine rings is 1. The number of hydrogen-bond donors (Lipinski definition) is 1. The number of nitrogens with two attached hydrogens (primary N) is 1. The van der Waals surface area contributed by atoms with Crippen LogP contribution in [0.15, 0.2) is 0 Å². The van der Waals surface area contributed by atoms with Crippen molar-refractivity contribution in [2.75, 3.05) is 19.6 Å². The van der Waals surface area contributed by atoms with Gasteiger partial charge in [-0.3, -0.25) is 0 Å². The zero-order chi connectivity index (χ0) is 14.5. The maximum atomic E-state index is 11.9. The molecule has 1 rings (SSSR count). The number of carbonyl (C=O) groups excluding carboxylic acids is 1. The van der Waals surface area contributed by atoms with E-state index in [9.17, 15) is 4.79 Å². The Balaban J connectivity index is 2.30. The number of hydrogen-bond acceptors (Lipinski definition) is 4. The second-order valence-electron chi connectivity index (χ2n) is 6.19. The lowest BCUT2D eigenvalue weighted by Crippen LogP contribution is -2.44. The first kappa shape index (κ1) is 16.2. The smallest absolute Gasteiger partial charge is 0.410 e. The first-order chi connectivity index (χ1) is 8.81. The van der Waals surface area contributed by atoms with Crippen molar-refractivity contribution in [3.05, 3.63) is 0 Å². The molecular formula is C14H28N2O3. The number of ether oxygens (including phenoxy) is 2. The van der Waals surface area contributed by atoms with Gasteiger partial charge in [0, 0.05) is 13.1 Å². The summed E-state index contributed by atoms with van der Waals surface area (Å²) in [5.74, 6) is 0. The maximum absolute atomic E-state index is 11.9. The topological polar surface area (TPSA) is 64.8 Å². The van der Waals surface area contributed by atoms with E-state index in [2.05, 4.69) is 0 Å². The third-order valence-corrected chi connectivity index (χ3v) is 3.09. The van der Waals surface area contributed by atoms with Crippen LogP contribution in [0.25, 0.3) is 0 Å². The molecule has 0 aromatic carbocycles. The first-order valence-corrected chi connectivity index (χ1v) is 7.15. The molecule has 0 saturated carbocycles. The van der Waals surface area contributed by atoms with Gasteiger partial charge < -0.3 is 20.1 Å². The number of nitrogens with zero attached hydrogens (tertiary/aromatic N) is 1. The fourth-order valence-corrected chi connectivity index (χ4v) is 2.13. The molecule has 1 heterocycles. The van der Waals surface area contributed by atoms with Gasteiger partial charge in [0.25, 0.3) is 0 Å². The highest BCUT2D eigenvalue weighted by Gasteiger charge is 2.27. The summed E-state index contributed by atoms with van der Waals surface area (Å²) in [6.07, 6.45) is 2.83. The van der Waals surface area contributed by atoms with Gasteiger partial charge in [-0.05, 0) is 53.5 Å². The van der Waals surface area contributed by atoms with Crippen molar-refractivity contribution >= 4 is 6.09 Å². The number of carbonyl (C=O) groups is 1. The summed E-state index contributed by atoms with van der Waals surface area (Å²) in [6.45, 7) is 9.76. The van der Waals surface area contributed by atoms with Crippen LogP contribution in [-0.2, 0) is 9.47 Å². The van der Waals surface area contributed by atoms with Crippen molar-refractivity contribution in [2.24, 2.45) is 5.73 Å². The maximum Gasteiger partial charge on any atom is 0.410 e. The minimum absolute atomic E-state index is 0.197. The largest absolute Gasteiger partial charge is 0.444 e. The molecule has 5 nitrogen and oxygen atoms in total. The second kappa shape index (κ2) is 7.10. The number of rotatable bonds is 4. The van der Waals surface area contributed by atoms with Crippen LogP contribution in [-0.4, -0.2) is 48.4 Å². The highest BCUT2D eigenvalue weighted by Crippen LogP contribution is 2.18. The van der Waals surface area contributed by atoms with E-state index in [0.29, 0.717) is 19.6 Å². The summed E-state index contributed by atoms with van der Waals surface area (Å²) in [6, 6.07) is 0. The summed E-state index contributed by atoms with van der Waals surface area (Å²) in [4.78, 5) is 13.7.